The van der Waals surface area contributed by atoms with Crippen molar-refractivity contribution in [3.63, 3.8) is 0 Å². The van der Waals surface area contributed by atoms with Crippen molar-refractivity contribution < 1.29 is 9.90 Å². The van der Waals surface area contributed by atoms with E-state index in [-0.39, 0.29) is 11.7 Å². The fourth-order valence-corrected chi connectivity index (χ4v) is 2.00. The fourth-order valence-electron chi connectivity index (χ4n) is 1.81. The van der Waals surface area contributed by atoms with Gasteiger partial charge in [-0.05, 0) is 24.4 Å². The molecule has 16 heavy (non-hydrogen) atoms. The number of nitrogens with zero attached hydrogens (tertiary/aromatic N) is 3. The third kappa shape index (κ3) is 2.61. The van der Waals surface area contributed by atoms with Crippen molar-refractivity contribution in [1.82, 2.24) is 9.97 Å². The predicted molar refractivity (Wildman–Crippen MR) is 59.8 cm³/mol. The Morgan fingerprint density at radius 2 is 2.12 bits per heavy atom. The molecule has 2 rings (SSSR count). The van der Waals surface area contributed by atoms with Crippen LogP contribution in [0, 0.1) is 0 Å². The van der Waals surface area contributed by atoms with Gasteiger partial charge in [-0.1, -0.05) is 0 Å². The van der Waals surface area contributed by atoms with Crippen molar-refractivity contribution in [1.29, 1.82) is 0 Å². The first-order chi connectivity index (χ1) is 7.65. The number of hydrogen-bond donors (Lipinski definition) is 1. The Balaban J connectivity index is 2.24. The van der Waals surface area contributed by atoms with E-state index in [4.69, 9.17) is 16.7 Å². The number of rotatable bonds is 3. The van der Waals surface area contributed by atoms with Gasteiger partial charge in [0.05, 0.1) is 12.1 Å². The Kier molecular flexibility index (Phi) is 3.24. The molecule has 5 nitrogen and oxygen atoms in total. The van der Waals surface area contributed by atoms with Crippen molar-refractivity contribution in [3.05, 3.63) is 17.0 Å². The van der Waals surface area contributed by atoms with Crippen LogP contribution in [0.1, 0.15) is 18.5 Å². The molecule has 0 unspecified atom stereocenters. The highest BCUT2D eigenvalue weighted by molar-refractivity contribution is 6.28. The zero-order chi connectivity index (χ0) is 11.5. The number of hydrogen-bond acceptors (Lipinski definition) is 4. The van der Waals surface area contributed by atoms with Crippen molar-refractivity contribution in [3.8, 4) is 0 Å². The van der Waals surface area contributed by atoms with Crippen LogP contribution >= 0.6 is 11.6 Å². The smallest absolute Gasteiger partial charge is 0.309 e. The molecule has 1 aromatic rings. The molecule has 1 aromatic heterocycles. The van der Waals surface area contributed by atoms with E-state index >= 15 is 0 Å². The Hall–Kier alpha value is -1.36. The van der Waals surface area contributed by atoms with Gasteiger partial charge in [0.25, 0.3) is 0 Å². The summed E-state index contributed by atoms with van der Waals surface area (Å²) in [5.41, 5.74) is 0.453. The van der Waals surface area contributed by atoms with Gasteiger partial charge >= 0.3 is 5.97 Å². The van der Waals surface area contributed by atoms with Gasteiger partial charge in [0.15, 0.2) is 0 Å². The first-order valence-electron chi connectivity index (χ1n) is 5.15. The average molecular weight is 242 g/mol. The zero-order valence-electron chi connectivity index (χ0n) is 8.69. The first-order valence-corrected chi connectivity index (χ1v) is 5.53. The second-order valence-corrected chi connectivity index (χ2v) is 4.09. The molecule has 2 heterocycles. The summed E-state index contributed by atoms with van der Waals surface area (Å²) in [6.07, 6.45) is 2.15. The van der Waals surface area contributed by atoms with E-state index in [9.17, 15) is 4.79 Å². The lowest BCUT2D eigenvalue weighted by molar-refractivity contribution is -0.136. The van der Waals surface area contributed by atoms with E-state index in [1.807, 2.05) is 0 Å². The Morgan fingerprint density at radius 3 is 2.75 bits per heavy atom. The van der Waals surface area contributed by atoms with Gasteiger partial charge in [0.1, 0.15) is 5.82 Å². The number of carboxylic acids is 1. The quantitative estimate of drug-likeness (QED) is 0.810. The van der Waals surface area contributed by atoms with Crippen LogP contribution in [0.3, 0.4) is 0 Å². The number of carboxylic acid groups (broad SMARTS) is 1. The highest BCUT2D eigenvalue weighted by Crippen LogP contribution is 2.20. The summed E-state index contributed by atoms with van der Waals surface area (Å²) in [7, 11) is 0. The summed E-state index contributed by atoms with van der Waals surface area (Å²) < 4.78 is 0. The zero-order valence-corrected chi connectivity index (χ0v) is 9.44. The van der Waals surface area contributed by atoms with Gasteiger partial charge in [0, 0.05) is 19.2 Å². The fraction of sp³-hybridized carbons (Fsp3) is 0.500. The lowest BCUT2D eigenvalue weighted by Crippen LogP contribution is -2.20. The number of aromatic nitrogens is 2. The molecule has 0 radical (unpaired) electrons. The second kappa shape index (κ2) is 4.65. The van der Waals surface area contributed by atoms with E-state index in [1.54, 1.807) is 6.07 Å². The van der Waals surface area contributed by atoms with Crippen LogP contribution < -0.4 is 4.90 Å². The standard InChI is InChI=1S/C10H12ClN3O2/c11-10-12-7(6-9(15)16)5-8(13-10)14-3-1-2-4-14/h5H,1-4,6H2,(H,15,16). The molecule has 0 saturated carbocycles. The molecule has 0 aliphatic carbocycles. The number of aliphatic carboxylic acids is 1. The molecule has 1 aliphatic heterocycles. The molecule has 0 spiro atoms. The average Bonchev–Trinajstić information content (AvgIpc) is 2.67. The molecule has 6 heteroatoms. The van der Waals surface area contributed by atoms with E-state index in [0.29, 0.717) is 5.69 Å². The summed E-state index contributed by atoms with van der Waals surface area (Å²) in [5, 5.41) is 8.81. The molecule has 0 bridgehead atoms. The van der Waals surface area contributed by atoms with Gasteiger partial charge in [-0.2, -0.15) is 0 Å². The molecular weight excluding hydrogens is 230 g/mol. The summed E-state index contributed by atoms with van der Waals surface area (Å²) in [5.74, 6) is -0.184. The lowest BCUT2D eigenvalue weighted by Gasteiger charge is -2.16. The van der Waals surface area contributed by atoms with E-state index in [1.165, 1.54) is 0 Å². The van der Waals surface area contributed by atoms with Crippen LogP contribution in [0.2, 0.25) is 5.28 Å². The third-order valence-corrected chi connectivity index (χ3v) is 2.67. The Bertz CT molecular complexity index is 405. The highest BCUT2D eigenvalue weighted by atomic mass is 35.5. The Labute approximate surface area is 98.1 Å². The van der Waals surface area contributed by atoms with Crippen LogP contribution in [-0.4, -0.2) is 34.1 Å². The summed E-state index contributed by atoms with van der Waals surface area (Å²) >= 11 is 5.77. The van der Waals surface area contributed by atoms with Gasteiger partial charge in [0.2, 0.25) is 5.28 Å². The van der Waals surface area contributed by atoms with Crippen LogP contribution in [-0.2, 0) is 11.2 Å². The molecule has 1 fully saturated rings. The SMILES string of the molecule is O=C(O)Cc1cc(N2CCCC2)nc(Cl)n1. The molecule has 1 N–H and O–H groups in total. The highest BCUT2D eigenvalue weighted by Gasteiger charge is 2.16. The van der Waals surface area contributed by atoms with Gasteiger partial charge in [-0.15, -0.1) is 0 Å². The molecule has 1 aliphatic rings. The Morgan fingerprint density at radius 1 is 1.44 bits per heavy atom. The molecule has 0 amide bonds. The van der Waals surface area contributed by atoms with Crippen molar-refractivity contribution in [2.24, 2.45) is 0 Å². The minimum atomic E-state index is -0.915. The maximum absolute atomic E-state index is 10.6. The van der Waals surface area contributed by atoms with E-state index < -0.39 is 5.97 Å². The molecule has 1 saturated heterocycles. The normalized spacial score (nSPS) is 15.4. The second-order valence-electron chi connectivity index (χ2n) is 3.75. The maximum Gasteiger partial charge on any atom is 0.309 e. The minimum absolute atomic E-state index is 0.112. The topological polar surface area (TPSA) is 66.3 Å². The van der Waals surface area contributed by atoms with Gasteiger partial charge in [-0.25, -0.2) is 9.97 Å². The lowest BCUT2D eigenvalue weighted by atomic mass is 10.3. The molecule has 86 valence electrons. The summed E-state index contributed by atoms with van der Waals surface area (Å²) in [6, 6.07) is 1.70. The summed E-state index contributed by atoms with van der Waals surface area (Å²) in [6.45, 7) is 1.89. The van der Waals surface area contributed by atoms with Crippen molar-refractivity contribution in [2.45, 2.75) is 19.3 Å². The van der Waals surface area contributed by atoms with Crippen molar-refractivity contribution in [2.75, 3.05) is 18.0 Å². The van der Waals surface area contributed by atoms with E-state index in [0.717, 1.165) is 31.7 Å². The van der Waals surface area contributed by atoms with Crippen molar-refractivity contribution >= 4 is 23.4 Å². The number of carbonyl (C=O) groups is 1. The minimum Gasteiger partial charge on any atom is -0.481 e. The predicted octanol–water partition coefficient (Wildman–Crippen LogP) is 1.36. The molecular formula is C10H12ClN3O2. The summed E-state index contributed by atoms with van der Waals surface area (Å²) in [4.78, 5) is 20.7. The van der Waals surface area contributed by atoms with E-state index in [2.05, 4.69) is 14.9 Å². The van der Waals surface area contributed by atoms with Crippen LogP contribution in [0.25, 0.3) is 0 Å². The van der Waals surface area contributed by atoms with Crippen LogP contribution in [0.4, 0.5) is 5.82 Å². The van der Waals surface area contributed by atoms with Crippen LogP contribution in [0.15, 0.2) is 6.07 Å². The molecule has 0 aromatic carbocycles. The largest absolute Gasteiger partial charge is 0.481 e. The first kappa shape index (κ1) is 11.1. The van der Waals surface area contributed by atoms with Gasteiger partial charge in [-0.3, -0.25) is 4.79 Å². The maximum atomic E-state index is 10.6. The number of halogens is 1. The monoisotopic (exact) mass is 241 g/mol. The van der Waals surface area contributed by atoms with Gasteiger partial charge < -0.3 is 10.0 Å². The number of anilines is 1. The third-order valence-electron chi connectivity index (χ3n) is 2.50. The molecule has 0 atom stereocenters. The van der Waals surface area contributed by atoms with Crippen LogP contribution in [0.5, 0.6) is 0 Å².